The average Bonchev–Trinajstić information content (AvgIpc) is 3.07. The average molecular weight is 285 g/mol. The molecule has 3 nitrogen and oxygen atoms in total. The number of fused-ring (bicyclic) bond motifs is 3. The lowest BCUT2D eigenvalue weighted by Gasteiger charge is -2.20. The fourth-order valence-electron chi connectivity index (χ4n) is 2.52. The van der Waals surface area contributed by atoms with Crippen LogP contribution in [0, 0.1) is 0 Å². The summed E-state index contributed by atoms with van der Waals surface area (Å²) in [6, 6.07) is 1.97. The van der Waals surface area contributed by atoms with Gasteiger partial charge in [-0.3, -0.25) is 0 Å². The summed E-state index contributed by atoms with van der Waals surface area (Å²) in [5, 5.41) is 0. The molecule has 86 valence electrons. The molecule has 2 aliphatic rings. The van der Waals surface area contributed by atoms with E-state index in [1.807, 2.05) is 6.07 Å². The van der Waals surface area contributed by atoms with Crippen LogP contribution in [-0.4, -0.2) is 20.3 Å². The molecule has 0 radical (unpaired) electrons. The smallest absolute Gasteiger partial charge is 0.139 e. The Morgan fingerprint density at radius 2 is 2.19 bits per heavy atom. The van der Waals surface area contributed by atoms with Gasteiger partial charge in [0.1, 0.15) is 17.6 Å². The third-order valence-electron chi connectivity index (χ3n) is 3.31. The molecule has 1 aromatic carbocycles. The van der Waals surface area contributed by atoms with Gasteiger partial charge in [-0.25, -0.2) is 0 Å². The molecule has 1 saturated heterocycles. The van der Waals surface area contributed by atoms with Crippen LogP contribution < -0.4 is 9.47 Å². The number of benzene rings is 1. The third-order valence-corrected chi connectivity index (χ3v) is 3.90. The van der Waals surface area contributed by atoms with Crippen molar-refractivity contribution in [1.29, 1.82) is 0 Å². The van der Waals surface area contributed by atoms with E-state index < -0.39 is 0 Å². The second kappa shape index (κ2) is 3.64. The minimum Gasteiger partial charge on any atom is -0.496 e. The number of ether oxygens (including phenoxy) is 3. The van der Waals surface area contributed by atoms with Crippen molar-refractivity contribution in [2.24, 2.45) is 0 Å². The topological polar surface area (TPSA) is 31.0 Å². The Hall–Kier alpha value is -0.740. The van der Waals surface area contributed by atoms with Crippen molar-refractivity contribution in [3.63, 3.8) is 0 Å². The molecule has 2 unspecified atom stereocenters. The van der Waals surface area contributed by atoms with Crippen LogP contribution in [0.4, 0.5) is 0 Å². The van der Waals surface area contributed by atoms with Crippen LogP contribution in [0.2, 0.25) is 0 Å². The van der Waals surface area contributed by atoms with Crippen LogP contribution in [0.3, 0.4) is 0 Å². The molecular weight excluding hydrogens is 272 g/mol. The molecule has 1 aliphatic carbocycles. The highest BCUT2D eigenvalue weighted by Crippen LogP contribution is 2.54. The summed E-state index contributed by atoms with van der Waals surface area (Å²) >= 11 is 3.51. The first-order chi connectivity index (χ1) is 7.76. The second-order valence-electron chi connectivity index (χ2n) is 4.12. The molecular formula is C12H13BrO3. The van der Waals surface area contributed by atoms with E-state index in [-0.39, 0.29) is 6.10 Å². The van der Waals surface area contributed by atoms with E-state index in [1.165, 1.54) is 11.1 Å². The van der Waals surface area contributed by atoms with Crippen molar-refractivity contribution >= 4 is 15.9 Å². The van der Waals surface area contributed by atoms with Crippen LogP contribution in [0.1, 0.15) is 23.7 Å². The summed E-state index contributed by atoms with van der Waals surface area (Å²) in [7, 11) is 3.40. The molecule has 0 bridgehead atoms. The molecule has 3 rings (SSSR count). The van der Waals surface area contributed by atoms with Crippen molar-refractivity contribution in [2.75, 3.05) is 14.2 Å². The molecule has 1 aliphatic heterocycles. The summed E-state index contributed by atoms with van der Waals surface area (Å²) in [6.07, 6.45) is 2.69. The van der Waals surface area contributed by atoms with Gasteiger partial charge in [0.2, 0.25) is 0 Å². The Morgan fingerprint density at radius 3 is 2.88 bits per heavy atom. The number of methoxy groups -OCH3 is 2. The Morgan fingerprint density at radius 1 is 1.38 bits per heavy atom. The van der Waals surface area contributed by atoms with Crippen LogP contribution in [0.5, 0.6) is 11.5 Å². The van der Waals surface area contributed by atoms with Crippen molar-refractivity contribution in [3.05, 3.63) is 21.7 Å². The molecule has 0 spiro atoms. The first kappa shape index (κ1) is 10.4. The van der Waals surface area contributed by atoms with Gasteiger partial charge in [-0.2, -0.15) is 0 Å². The molecule has 0 aromatic heterocycles. The number of halogens is 1. The maximum Gasteiger partial charge on any atom is 0.139 e. The molecule has 0 N–H and O–H groups in total. The molecule has 1 aromatic rings. The van der Waals surface area contributed by atoms with Gasteiger partial charge in [-0.1, -0.05) is 0 Å². The molecule has 2 atom stereocenters. The lowest BCUT2D eigenvalue weighted by Crippen LogP contribution is -2.08. The second-order valence-corrected chi connectivity index (χ2v) is 4.97. The van der Waals surface area contributed by atoms with Gasteiger partial charge >= 0.3 is 0 Å². The van der Waals surface area contributed by atoms with Crippen LogP contribution in [-0.2, 0) is 11.2 Å². The van der Waals surface area contributed by atoms with E-state index in [0.717, 1.165) is 28.8 Å². The Bertz CT molecular complexity index is 444. The Labute approximate surface area is 103 Å². The monoisotopic (exact) mass is 284 g/mol. The van der Waals surface area contributed by atoms with Crippen LogP contribution in [0.15, 0.2) is 10.5 Å². The predicted octanol–water partition coefficient (Wildman–Crippen LogP) is 2.85. The fraction of sp³-hybridized carbons (Fsp3) is 0.500. The quantitative estimate of drug-likeness (QED) is 0.783. The highest BCUT2D eigenvalue weighted by atomic mass is 79.9. The Kier molecular flexibility index (Phi) is 2.37. The standard InChI is InChI=1S/C12H13BrO3/c1-14-9-5-7(13)11(15-2)10-6(9)3-4-8-12(10)16-8/h5,8,12H,3-4H2,1-2H3. The Balaban J connectivity index is 2.22. The summed E-state index contributed by atoms with van der Waals surface area (Å²) in [6.45, 7) is 0. The van der Waals surface area contributed by atoms with E-state index in [0.29, 0.717) is 6.10 Å². The predicted molar refractivity (Wildman–Crippen MR) is 63.2 cm³/mol. The first-order valence-corrected chi connectivity index (χ1v) is 6.14. The van der Waals surface area contributed by atoms with Gasteiger partial charge in [0.05, 0.1) is 24.8 Å². The minimum absolute atomic E-state index is 0.213. The van der Waals surface area contributed by atoms with E-state index >= 15 is 0 Å². The maximum absolute atomic E-state index is 5.64. The first-order valence-electron chi connectivity index (χ1n) is 5.35. The number of hydrogen-bond donors (Lipinski definition) is 0. The van der Waals surface area contributed by atoms with E-state index in [9.17, 15) is 0 Å². The molecule has 16 heavy (non-hydrogen) atoms. The molecule has 0 saturated carbocycles. The summed E-state index contributed by atoms with van der Waals surface area (Å²) < 4.78 is 17.5. The molecule has 1 fully saturated rings. The van der Waals surface area contributed by atoms with Gasteiger partial charge < -0.3 is 14.2 Å². The minimum atomic E-state index is 0.213. The van der Waals surface area contributed by atoms with Crippen molar-refractivity contribution in [1.82, 2.24) is 0 Å². The highest BCUT2D eigenvalue weighted by molar-refractivity contribution is 9.10. The molecule has 4 heteroatoms. The largest absolute Gasteiger partial charge is 0.496 e. The van der Waals surface area contributed by atoms with Crippen LogP contribution in [0.25, 0.3) is 0 Å². The number of epoxide rings is 1. The van der Waals surface area contributed by atoms with Gasteiger partial charge in [0.25, 0.3) is 0 Å². The third kappa shape index (κ3) is 1.36. The summed E-state index contributed by atoms with van der Waals surface area (Å²) in [4.78, 5) is 0. The number of rotatable bonds is 2. The lowest BCUT2D eigenvalue weighted by atomic mass is 9.90. The maximum atomic E-state index is 5.64. The van der Waals surface area contributed by atoms with Gasteiger partial charge in [-0.05, 0) is 34.8 Å². The normalized spacial score (nSPS) is 25.7. The molecule has 1 heterocycles. The van der Waals surface area contributed by atoms with Crippen molar-refractivity contribution in [2.45, 2.75) is 25.0 Å². The molecule has 0 amide bonds. The van der Waals surface area contributed by atoms with Gasteiger partial charge in [0, 0.05) is 11.1 Å². The van der Waals surface area contributed by atoms with E-state index in [2.05, 4.69) is 15.9 Å². The van der Waals surface area contributed by atoms with Crippen molar-refractivity contribution in [3.8, 4) is 11.5 Å². The number of hydrogen-bond acceptors (Lipinski definition) is 3. The van der Waals surface area contributed by atoms with E-state index in [4.69, 9.17) is 14.2 Å². The van der Waals surface area contributed by atoms with Crippen LogP contribution >= 0.6 is 15.9 Å². The zero-order valence-corrected chi connectivity index (χ0v) is 10.8. The van der Waals surface area contributed by atoms with Crippen molar-refractivity contribution < 1.29 is 14.2 Å². The summed E-state index contributed by atoms with van der Waals surface area (Å²) in [5.74, 6) is 1.82. The lowest BCUT2D eigenvalue weighted by molar-refractivity contribution is 0.362. The van der Waals surface area contributed by atoms with E-state index in [1.54, 1.807) is 14.2 Å². The van der Waals surface area contributed by atoms with Gasteiger partial charge in [0.15, 0.2) is 0 Å². The zero-order valence-electron chi connectivity index (χ0n) is 9.25. The van der Waals surface area contributed by atoms with Gasteiger partial charge in [-0.15, -0.1) is 0 Å². The zero-order chi connectivity index (χ0) is 11.3. The fourth-order valence-corrected chi connectivity index (χ4v) is 3.10. The summed E-state index contributed by atoms with van der Waals surface area (Å²) in [5.41, 5.74) is 2.41. The highest BCUT2D eigenvalue weighted by Gasteiger charge is 2.47. The SMILES string of the molecule is COc1cc(Br)c(OC)c2c1CCC1OC21.